The Labute approximate surface area is 186 Å². The molecule has 0 unspecified atom stereocenters. The van der Waals surface area contributed by atoms with Crippen LogP contribution in [-0.2, 0) is 14.8 Å². The zero-order valence-electron chi connectivity index (χ0n) is 17.5. The molecule has 3 rings (SSSR count). The topological polar surface area (TPSA) is 92.8 Å². The lowest BCUT2D eigenvalue weighted by molar-refractivity contribution is -0.122. The van der Waals surface area contributed by atoms with E-state index >= 15 is 0 Å². The number of benzene rings is 2. The lowest BCUT2D eigenvalue weighted by Gasteiger charge is -2.13. The largest absolute Gasteiger partial charge is 0.497 e. The Morgan fingerprint density at radius 1 is 1.06 bits per heavy atom. The Morgan fingerprint density at radius 2 is 1.71 bits per heavy atom. The summed E-state index contributed by atoms with van der Waals surface area (Å²) in [6.07, 6.45) is 1.63. The molecule has 0 atom stereocenters. The van der Waals surface area contributed by atoms with Crippen molar-refractivity contribution >= 4 is 39.0 Å². The number of ether oxygens (including phenoxy) is 1. The van der Waals surface area contributed by atoms with Gasteiger partial charge in [-0.15, -0.1) is 0 Å². The standard InChI is InChI=1S/C22H24N2O5S2/c1-15(2)17-6-10-19(11-7-17)31(27,28)23-12-13-24-21(25)20(30-22(24)26)14-16-4-8-18(29-3)9-5-16/h4-11,14-15,23H,12-13H2,1-3H3/b20-14+. The van der Waals surface area contributed by atoms with Gasteiger partial charge in [0.05, 0.1) is 16.9 Å². The Morgan fingerprint density at radius 3 is 2.29 bits per heavy atom. The monoisotopic (exact) mass is 460 g/mol. The average Bonchev–Trinajstić information content (AvgIpc) is 3.01. The number of methoxy groups -OCH3 is 1. The van der Waals surface area contributed by atoms with E-state index < -0.39 is 21.2 Å². The molecule has 1 heterocycles. The summed E-state index contributed by atoms with van der Waals surface area (Å²) in [5.41, 5.74) is 1.80. The molecule has 31 heavy (non-hydrogen) atoms. The minimum atomic E-state index is -3.73. The molecule has 7 nitrogen and oxygen atoms in total. The Kier molecular flexibility index (Phi) is 7.19. The van der Waals surface area contributed by atoms with Crippen LogP contribution in [0.2, 0.25) is 0 Å². The fraction of sp³-hybridized carbons (Fsp3) is 0.273. The van der Waals surface area contributed by atoms with Crippen LogP contribution in [0, 0.1) is 0 Å². The van der Waals surface area contributed by atoms with Crippen LogP contribution in [0.25, 0.3) is 6.08 Å². The molecule has 1 saturated heterocycles. The lowest BCUT2D eigenvalue weighted by Crippen LogP contribution is -2.37. The van der Waals surface area contributed by atoms with Gasteiger partial charge in [0, 0.05) is 13.1 Å². The first-order chi connectivity index (χ1) is 14.7. The van der Waals surface area contributed by atoms with E-state index in [0.29, 0.717) is 16.6 Å². The van der Waals surface area contributed by atoms with Gasteiger partial charge in [0.2, 0.25) is 10.0 Å². The minimum Gasteiger partial charge on any atom is -0.497 e. The van der Waals surface area contributed by atoms with Crippen LogP contribution in [0.15, 0.2) is 58.3 Å². The van der Waals surface area contributed by atoms with Crippen molar-refractivity contribution in [2.75, 3.05) is 20.2 Å². The molecular formula is C22H24N2O5S2. The zero-order chi connectivity index (χ0) is 22.6. The summed E-state index contributed by atoms with van der Waals surface area (Å²) < 4.78 is 32.5. The van der Waals surface area contributed by atoms with Crippen molar-refractivity contribution < 1.29 is 22.7 Å². The predicted octanol–water partition coefficient (Wildman–Crippen LogP) is 3.83. The van der Waals surface area contributed by atoms with Crippen molar-refractivity contribution in [2.24, 2.45) is 0 Å². The summed E-state index contributed by atoms with van der Waals surface area (Å²) in [4.78, 5) is 26.3. The molecule has 0 aliphatic carbocycles. The number of carbonyl (C=O) groups excluding carboxylic acids is 2. The molecule has 1 N–H and O–H groups in total. The van der Waals surface area contributed by atoms with Crippen LogP contribution in [0.3, 0.4) is 0 Å². The number of rotatable bonds is 8. The quantitative estimate of drug-likeness (QED) is 0.602. The van der Waals surface area contributed by atoms with E-state index in [1.165, 1.54) is 0 Å². The van der Waals surface area contributed by atoms with E-state index in [1.54, 1.807) is 61.7 Å². The van der Waals surface area contributed by atoms with Gasteiger partial charge in [-0.2, -0.15) is 0 Å². The molecule has 1 aliphatic rings. The first kappa shape index (κ1) is 23.1. The highest BCUT2D eigenvalue weighted by Gasteiger charge is 2.34. The van der Waals surface area contributed by atoms with Crippen LogP contribution in [0.4, 0.5) is 4.79 Å². The molecule has 0 saturated carbocycles. The predicted molar refractivity (Wildman–Crippen MR) is 121 cm³/mol. The summed E-state index contributed by atoms with van der Waals surface area (Å²) in [5.74, 6) is 0.553. The number of sulfonamides is 1. The van der Waals surface area contributed by atoms with Crippen molar-refractivity contribution in [1.29, 1.82) is 0 Å². The van der Waals surface area contributed by atoms with Gasteiger partial charge in [0.25, 0.3) is 11.1 Å². The van der Waals surface area contributed by atoms with Gasteiger partial charge in [-0.1, -0.05) is 38.1 Å². The molecule has 164 valence electrons. The zero-order valence-corrected chi connectivity index (χ0v) is 19.1. The molecule has 0 radical (unpaired) electrons. The van der Waals surface area contributed by atoms with Gasteiger partial charge >= 0.3 is 0 Å². The summed E-state index contributed by atoms with van der Waals surface area (Å²) in [7, 11) is -2.17. The number of thioether (sulfide) groups is 1. The second-order valence-electron chi connectivity index (χ2n) is 7.23. The maximum Gasteiger partial charge on any atom is 0.293 e. The Balaban J connectivity index is 1.61. The molecule has 2 aromatic carbocycles. The van der Waals surface area contributed by atoms with Crippen molar-refractivity contribution in [3.05, 3.63) is 64.6 Å². The number of nitrogens with one attached hydrogen (secondary N) is 1. The first-order valence-corrected chi connectivity index (χ1v) is 12.0. The van der Waals surface area contributed by atoms with Gasteiger partial charge in [-0.25, -0.2) is 13.1 Å². The number of hydrogen-bond acceptors (Lipinski definition) is 6. The summed E-state index contributed by atoms with van der Waals surface area (Å²) in [6, 6.07) is 13.7. The third kappa shape index (κ3) is 5.55. The van der Waals surface area contributed by atoms with Crippen LogP contribution in [0.5, 0.6) is 5.75 Å². The van der Waals surface area contributed by atoms with Crippen molar-refractivity contribution in [3.8, 4) is 5.75 Å². The molecule has 9 heteroatoms. The molecular weight excluding hydrogens is 436 g/mol. The van der Waals surface area contributed by atoms with Gasteiger partial charge in [-0.3, -0.25) is 14.5 Å². The van der Waals surface area contributed by atoms with Crippen LogP contribution in [-0.4, -0.2) is 44.7 Å². The lowest BCUT2D eigenvalue weighted by atomic mass is 10.0. The highest BCUT2D eigenvalue weighted by atomic mass is 32.2. The van der Waals surface area contributed by atoms with Crippen LogP contribution < -0.4 is 9.46 Å². The average molecular weight is 461 g/mol. The summed E-state index contributed by atoms with van der Waals surface area (Å²) in [5, 5.41) is -0.426. The number of carbonyl (C=O) groups is 2. The number of nitrogens with zero attached hydrogens (tertiary/aromatic N) is 1. The number of amides is 2. The third-order valence-electron chi connectivity index (χ3n) is 4.77. The minimum absolute atomic E-state index is 0.0477. The fourth-order valence-corrected chi connectivity index (χ4v) is 4.84. The van der Waals surface area contributed by atoms with Crippen molar-refractivity contribution in [2.45, 2.75) is 24.7 Å². The van der Waals surface area contributed by atoms with Crippen LogP contribution in [0.1, 0.15) is 30.9 Å². The second kappa shape index (κ2) is 9.67. The third-order valence-corrected chi connectivity index (χ3v) is 7.16. The van der Waals surface area contributed by atoms with E-state index in [2.05, 4.69) is 4.72 Å². The molecule has 0 aromatic heterocycles. The molecule has 1 aliphatic heterocycles. The van der Waals surface area contributed by atoms with Gasteiger partial charge in [0.1, 0.15) is 5.75 Å². The number of imide groups is 1. The Hall–Kier alpha value is -2.62. The Bertz CT molecular complexity index is 1090. The molecule has 0 spiro atoms. The maximum atomic E-state index is 12.6. The van der Waals surface area contributed by atoms with E-state index in [4.69, 9.17) is 4.74 Å². The smallest absolute Gasteiger partial charge is 0.293 e. The fourth-order valence-electron chi connectivity index (χ4n) is 2.95. The van der Waals surface area contributed by atoms with Gasteiger partial charge in [-0.05, 0) is 59.1 Å². The van der Waals surface area contributed by atoms with Crippen molar-refractivity contribution in [1.82, 2.24) is 9.62 Å². The highest BCUT2D eigenvalue weighted by Crippen LogP contribution is 2.32. The van der Waals surface area contributed by atoms with Gasteiger partial charge < -0.3 is 4.74 Å². The molecule has 2 aromatic rings. The van der Waals surface area contributed by atoms with Crippen molar-refractivity contribution in [3.63, 3.8) is 0 Å². The first-order valence-electron chi connectivity index (χ1n) is 9.70. The molecule has 0 bridgehead atoms. The maximum absolute atomic E-state index is 12.6. The SMILES string of the molecule is COc1ccc(/C=C2/SC(=O)N(CCNS(=O)(=O)c3ccc(C(C)C)cc3)C2=O)cc1. The number of hydrogen-bond donors (Lipinski definition) is 1. The summed E-state index contributed by atoms with van der Waals surface area (Å²) in [6.45, 7) is 3.94. The van der Waals surface area contributed by atoms with Crippen LogP contribution >= 0.6 is 11.8 Å². The van der Waals surface area contributed by atoms with E-state index in [-0.39, 0.29) is 18.0 Å². The molecule has 2 amide bonds. The van der Waals surface area contributed by atoms with E-state index in [9.17, 15) is 18.0 Å². The van der Waals surface area contributed by atoms with Gasteiger partial charge in [0.15, 0.2) is 0 Å². The molecule has 1 fully saturated rings. The van der Waals surface area contributed by atoms with E-state index in [0.717, 1.165) is 27.8 Å². The van der Waals surface area contributed by atoms with E-state index in [1.807, 2.05) is 13.8 Å². The second-order valence-corrected chi connectivity index (χ2v) is 9.99. The summed E-state index contributed by atoms with van der Waals surface area (Å²) >= 11 is 0.835. The normalized spacial score (nSPS) is 15.9. The highest BCUT2D eigenvalue weighted by molar-refractivity contribution is 8.18.